The van der Waals surface area contributed by atoms with Gasteiger partial charge >= 0.3 is 0 Å². The number of benzene rings is 2. The summed E-state index contributed by atoms with van der Waals surface area (Å²) >= 11 is 0. The topological polar surface area (TPSA) is 78.3 Å². The quantitative estimate of drug-likeness (QED) is 0.849. The van der Waals surface area contributed by atoms with Crippen molar-refractivity contribution in [1.82, 2.24) is 0 Å². The Kier molecular flexibility index (Phi) is 3.51. The van der Waals surface area contributed by atoms with Gasteiger partial charge in [-0.05, 0) is 12.1 Å². The van der Waals surface area contributed by atoms with E-state index in [0.29, 0.717) is 6.07 Å². The van der Waals surface area contributed by atoms with Gasteiger partial charge in [-0.15, -0.1) is 0 Å². The minimum atomic E-state index is -0.991. The molecule has 104 valence electrons. The highest BCUT2D eigenvalue weighted by molar-refractivity contribution is 5.93. The van der Waals surface area contributed by atoms with Crippen LogP contribution in [0.4, 0.5) is 18.9 Å². The molecule has 2 rings (SSSR count). The van der Waals surface area contributed by atoms with E-state index < -0.39 is 29.0 Å². The Bertz CT molecular complexity index is 690. The average molecular weight is 282 g/mol. The molecule has 0 aliphatic rings. The van der Waals surface area contributed by atoms with Gasteiger partial charge in [0.1, 0.15) is 23.1 Å². The van der Waals surface area contributed by atoms with Crippen molar-refractivity contribution < 1.29 is 22.7 Å². The summed E-state index contributed by atoms with van der Waals surface area (Å²) in [4.78, 5) is 10.9. The molecule has 0 atom stereocenters. The molecule has 0 spiro atoms. The van der Waals surface area contributed by atoms with Crippen LogP contribution in [0, 0.1) is 17.5 Å². The fourth-order valence-electron chi connectivity index (χ4n) is 1.53. The molecule has 0 bridgehead atoms. The Morgan fingerprint density at radius 1 is 1.05 bits per heavy atom. The van der Waals surface area contributed by atoms with Crippen LogP contribution in [0.2, 0.25) is 0 Å². The lowest BCUT2D eigenvalue weighted by atomic mass is 10.2. The predicted molar refractivity (Wildman–Crippen MR) is 65.8 cm³/mol. The van der Waals surface area contributed by atoms with Gasteiger partial charge in [0.15, 0.2) is 11.6 Å². The number of carbonyl (C=O) groups excluding carboxylic acids is 1. The first-order valence-electron chi connectivity index (χ1n) is 5.40. The molecule has 7 heteroatoms. The number of amides is 1. The summed E-state index contributed by atoms with van der Waals surface area (Å²) in [5.74, 6) is -4.11. The largest absolute Gasteiger partial charge is 0.455 e. The highest BCUT2D eigenvalue weighted by atomic mass is 19.1. The Morgan fingerprint density at radius 2 is 1.75 bits per heavy atom. The summed E-state index contributed by atoms with van der Waals surface area (Å²) in [6.07, 6.45) is 0. The second-order valence-electron chi connectivity index (χ2n) is 3.91. The normalized spacial score (nSPS) is 10.3. The fourth-order valence-corrected chi connectivity index (χ4v) is 1.53. The van der Waals surface area contributed by atoms with Gasteiger partial charge in [-0.2, -0.15) is 0 Å². The van der Waals surface area contributed by atoms with Gasteiger partial charge in [-0.25, -0.2) is 13.2 Å². The van der Waals surface area contributed by atoms with E-state index in [1.54, 1.807) is 0 Å². The molecular weight excluding hydrogens is 273 g/mol. The Labute approximate surface area is 111 Å². The van der Waals surface area contributed by atoms with Gasteiger partial charge in [0.25, 0.3) is 5.91 Å². The molecule has 2 aromatic rings. The molecular formula is C13H9F3N2O2. The number of hydrogen-bond acceptors (Lipinski definition) is 3. The molecule has 0 aliphatic carbocycles. The number of rotatable bonds is 3. The molecule has 4 N–H and O–H groups in total. The maximum Gasteiger partial charge on any atom is 0.251 e. The van der Waals surface area contributed by atoms with Crippen molar-refractivity contribution in [3.63, 3.8) is 0 Å². The van der Waals surface area contributed by atoms with E-state index >= 15 is 0 Å². The zero-order chi connectivity index (χ0) is 14.9. The summed E-state index contributed by atoms with van der Waals surface area (Å²) < 4.78 is 44.9. The smallest absolute Gasteiger partial charge is 0.251 e. The third-order valence-electron chi connectivity index (χ3n) is 2.49. The summed E-state index contributed by atoms with van der Waals surface area (Å²) in [7, 11) is 0. The minimum absolute atomic E-state index is 0.0794. The van der Waals surface area contributed by atoms with Crippen molar-refractivity contribution in [2.24, 2.45) is 5.73 Å². The van der Waals surface area contributed by atoms with E-state index in [-0.39, 0.29) is 17.1 Å². The Balaban J connectivity index is 2.36. The molecule has 0 saturated carbocycles. The first-order chi connectivity index (χ1) is 9.38. The Hall–Kier alpha value is -2.70. The van der Waals surface area contributed by atoms with E-state index in [0.717, 1.165) is 18.2 Å². The average Bonchev–Trinajstić information content (AvgIpc) is 2.35. The van der Waals surface area contributed by atoms with Crippen LogP contribution >= 0.6 is 0 Å². The lowest BCUT2D eigenvalue weighted by molar-refractivity contribution is 0.0996. The van der Waals surface area contributed by atoms with Crippen LogP contribution in [0.1, 0.15) is 10.4 Å². The third kappa shape index (κ3) is 2.66. The zero-order valence-corrected chi connectivity index (χ0v) is 9.99. The number of nitrogens with two attached hydrogens (primary N) is 2. The maximum absolute atomic E-state index is 13.5. The number of nitrogen functional groups attached to an aromatic ring is 1. The third-order valence-corrected chi connectivity index (χ3v) is 2.49. The highest BCUT2D eigenvalue weighted by Gasteiger charge is 2.13. The van der Waals surface area contributed by atoms with Crippen LogP contribution in [-0.2, 0) is 0 Å². The number of carbonyl (C=O) groups is 1. The molecule has 20 heavy (non-hydrogen) atoms. The van der Waals surface area contributed by atoms with E-state index in [4.69, 9.17) is 16.2 Å². The monoisotopic (exact) mass is 282 g/mol. The van der Waals surface area contributed by atoms with Crippen molar-refractivity contribution in [1.29, 1.82) is 0 Å². The lowest BCUT2D eigenvalue weighted by Crippen LogP contribution is -2.12. The summed E-state index contributed by atoms with van der Waals surface area (Å²) in [5, 5.41) is 0. The minimum Gasteiger partial charge on any atom is -0.455 e. The van der Waals surface area contributed by atoms with E-state index in [9.17, 15) is 18.0 Å². The van der Waals surface area contributed by atoms with Crippen LogP contribution in [0.25, 0.3) is 0 Å². The number of hydrogen-bond donors (Lipinski definition) is 2. The molecule has 1 amide bonds. The molecule has 0 unspecified atom stereocenters. The van der Waals surface area contributed by atoms with Crippen molar-refractivity contribution in [3.05, 3.63) is 53.3 Å². The Morgan fingerprint density at radius 3 is 2.35 bits per heavy atom. The van der Waals surface area contributed by atoms with Crippen molar-refractivity contribution in [2.75, 3.05) is 5.73 Å². The summed E-state index contributed by atoms with van der Waals surface area (Å²) in [6.45, 7) is 0. The number of anilines is 1. The van der Waals surface area contributed by atoms with Gasteiger partial charge < -0.3 is 16.2 Å². The summed E-state index contributed by atoms with van der Waals surface area (Å²) in [6, 6.07) is 4.64. The molecule has 0 aromatic heterocycles. The van der Waals surface area contributed by atoms with Crippen LogP contribution in [-0.4, -0.2) is 5.91 Å². The zero-order valence-electron chi connectivity index (χ0n) is 9.99. The van der Waals surface area contributed by atoms with Gasteiger partial charge in [0.05, 0.1) is 5.56 Å². The van der Waals surface area contributed by atoms with Gasteiger partial charge in [0.2, 0.25) is 0 Å². The molecule has 2 aromatic carbocycles. The maximum atomic E-state index is 13.5. The molecule has 0 fully saturated rings. The standard InChI is InChI=1S/C13H9F3N2O2/c14-6-3-10(16)12(17)11(4-6)20-7-1-2-8(13(18)19)9(15)5-7/h1-5H,17H2,(H2,18,19). The van der Waals surface area contributed by atoms with Gasteiger partial charge in [-0.1, -0.05) is 0 Å². The van der Waals surface area contributed by atoms with Crippen molar-refractivity contribution in [2.45, 2.75) is 0 Å². The van der Waals surface area contributed by atoms with E-state index in [2.05, 4.69) is 0 Å². The van der Waals surface area contributed by atoms with Crippen molar-refractivity contribution in [3.8, 4) is 11.5 Å². The van der Waals surface area contributed by atoms with Crippen LogP contribution in [0.5, 0.6) is 11.5 Å². The predicted octanol–water partition coefficient (Wildman–Crippen LogP) is 2.58. The van der Waals surface area contributed by atoms with Crippen LogP contribution in [0.15, 0.2) is 30.3 Å². The van der Waals surface area contributed by atoms with Crippen LogP contribution < -0.4 is 16.2 Å². The van der Waals surface area contributed by atoms with Gasteiger partial charge in [0, 0.05) is 18.2 Å². The number of primary amides is 1. The fraction of sp³-hybridized carbons (Fsp3) is 0. The molecule has 4 nitrogen and oxygen atoms in total. The number of halogens is 3. The first-order valence-corrected chi connectivity index (χ1v) is 5.40. The van der Waals surface area contributed by atoms with E-state index in [1.807, 2.05) is 0 Å². The van der Waals surface area contributed by atoms with E-state index in [1.165, 1.54) is 6.07 Å². The molecule has 0 heterocycles. The number of ether oxygens (including phenoxy) is 1. The lowest BCUT2D eigenvalue weighted by Gasteiger charge is -2.10. The second-order valence-corrected chi connectivity index (χ2v) is 3.91. The highest BCUT2D eigenvalue weighted by Crippen LogP contribution is 2.31. The van der Waals surface area contributed by atoms with Gasteiger partial charge in [-0.3, -0.25) is 4.79 Å². The molecule has 0 aliphatic heterocycles. The molecule has 0 radical (unpaired) electrons. The first kappa shape index (κ1) is 13.7. The second kappa shape index (κ2) is 5.12. The van der Waals surface area contributed by atoms with Crippen LogP contribution in [0.3, 0.4) is 0 Å². The molecule has 0 saturated heterocycles. The van der Waals surface area contributed by atoms with Crippen molar-refractivity contribution >= 4 is 11.6 Å². The SMILES string of the molecule is NC(=O)c1ccc(Oc2cc(F)cc(F)c2N)cc1F. The summed E-state index contributed by atoms with van der Waals surface area (Å²) in [5.41, 5.74) is 9.59.